The van der Waals surface area contributed by atoms with Gasteiger partial charge in [0.05, 0.1) is 0 Å². The number of ether oxygens (including phenoxy) is 1. The molecule has 0 atom stereocenters. The lowest BCUT2D eigenvalue weighted by molar-refractivity contribution is 0.0919. The summed E-state index contributed by atoms with van der Waals surface area (Å²) in [6.07, 6.45) is 0. The van der Waals surface area contributed by atoms with Crippen molar-refractivity contribution in [1.82, 2.24) is 10.5 Å². The first-order valence-corrected chi connectivity index (χ1v) is 9.14. The number of rotatable bonds is 7. The van der Waals surface area contributed by atoms with Crippen molar-refractivity contribution < 1.29 is 14.1 Å². The first-order chi connectivity index (χ1) is 13.1. The highest BCUT2D eigenvalue weighted by Gasteiger charge is 2.16. The summed E-state index contributed by atoms with van der Waals surface area (Å²) in [6.45, 7) is 7.16. The maximum Gasteiger partial charge on any atom is 0.289 e. The van der Waals surface area contributed by atoms with Crippen LogP contribution in [0.3, 0.4) is 0 Å². The predicted molar refractivity (Wildman–Crippen MR) is 105 cm³/mol. The molecule has 27 heavy (non-hydrogen) atoms. The van der Waals surface area contributed by atoms with Crippen LogP contribution in [0.1, 0.15) is 48.4 Å². The smallest absolute Gasteiger partial charge is 0.289 e. The maximum absolute atomic E-state index is 11.9. The number of aromatic nitrogens is 1. The van der Waals surface area contributed by atoms with Gasteiger partial charge in [0, 0.05) is 18.2 Å². The zero-order valence-corrected chi connectivity index (χ0v) is 15.9. The second kappa shape index (κ2) is 8.54. The molecule has 5 heteroatoms. The number of carbonyl (C=O) groups is 1. The van der Waals surface area contributed by atoms with Crippen LogP contribution >= 0.6 is 0 Å². The Morgan fingerprint density at radius 2 is 1.93 bits per heavy atom. The van der Waals surface area contributed by atoms with Crippen molar-refractivity contribution in [3.63, 3.8) is 0 Å². The van der Waals surface area contributed by atoms with Crippen LogP contribution in [-0.4, -0.2) is 17.6 Å². The Morgan fingerprint density at radius 3 is 2.63 bits per heavy atom. The molecule has 0 aliphatic heterocycles. The fraction of sp³-hybridized carbons (Fsp3) is 0.273. The Morgan fingerprint density at radius 1 is 1.15 bits per heavy atom. The number of carbonyl (C=O) groups excluding carboxylic acids is 1. The third-order valence-electron chi connectivity index (χ3n) is 4.24. The number of hydrogen-bond donors (Lipinski definition) is 1. The van der Waals surface area contributed by atoms with E-state index in [9.17, 15) is 4.79 Å². The molecule has 5 nitrogen and oxygen atoms in total. The zero-order valence-electron chi connectivity index (χ0n) is 15.9. The van der Waals surface area contributed by atoms with Gasteiger partial charge in [0.2, 0.25) is 5.76 Å². The van der Waals surface area contributed by atoms with Gasteiger partial charge in [0.25, 0.3) is 5.91 Å². The van der Waals surface area contributed by atoms with Crippen LogP contribution in [0.25, 0.3) is 11.3 Å². The Kier molecular flexibility index (Phi) is 5.91. The Labute approximate surface area is 159 Å². The summed E-state index contributed by atoms with van der Waals surface area (Å²) >= 11 is 0. The second-order valence-corrected chi connectivity index (χ2v) is 6.62. The van der Waals surface area contributed by atoms with Gasteiger partial charge < -0.3 is 14.6 Å². The third-order valence-corrected chi connectivity index (χ3v) is 4.24. The first-order valence-electron chi connectivity index (χ1n) is 9.14. The van der Waals surface area contributed by atoms with Gasteiger partial charge in [-0.1, -0.05) is 49.3 Å². The lowest BCUT2D eigenvalue weighted by atomic mass is 9.98. The molecule has 0 aliphatic rings. The van der Waals surface area contributed by atoms with Crippen LogP contribution in [0.15, 0.2) is 59.1 Å². The number of benzene rings is 2. The summed E-state index contributed by atoms with van der Waals surface area (Å²) in [7, 11) is 0. The first kappa shape index (κ1) is 18.7. The van der Waals surface area contributed by atoms with E-state index < -0.39 is 0 Å². The standard InChI is InChI=1S/C22H24N2O3/c1-4-23-22(25)21-13-19(24-27-21)17-10-11-20(18(12-17)15(2)3)26-14-16-8-6-5-7-9-16/h5-13,15H,4,14H2,1-3H3,(H,23,25). The summed E-state index contributed by atoms with van der Waals surface area (Å²) in [5, 5.41) is 6.74. The van der Waals surface area contributed by atoms with E-state index >= 15 is 0 Å². The molecule has 0 saturated carbocycles. The van der Waals surface area contributed by atoms with E-state index in [-0.39, 0.29) is 17.6 Å². The van der Waals surface area contributed by atoms with E-state index in [4.69, 9.17) is 9.26 Å². The number of nitrogens with one attached hydrogen (secondary N) is 1. The van der Waals surface area contributed by atoms with Crippen LogP contribution < -0.4 is 10.1 Å². The van der Waals surface area contributed by atoms with Gasteiger partial charge in [0.1, 0.15) is 18.1 Å². The summed E-state index contributed by atoms with van der Waals surface area (Å²) in [5.74, 6) is 1.08. The largest absolute Gasteiger partial charge is 0.489 e. The Hall–Kier alpha value is -3.08. The lowest BCUT2D eigenvalue weighted by Crippen LogP contribution is -2.21. The van der Waals surface area contributed by atoms with Crippen molar-refractivity contribution >= 4 is 5.91 Å². The fourth-order valence-corrected chi connectivity index (χ4v) is 2.79. The molecule has 2 aromatic carbocycles. The quantitative estimate of drug-likeness (QED) is 0.654. The predicted octanol–water partition coefficient (Wildman–Crippen LogP) is 4.79. The van der Waals surface area contributed by atoms with Crippen molar-refractivity contribution in [3.8, 4) is 17.0 Å². The van der Waals surface area contributed by atoms with Gasteiger partial charge in [-0.2, -0.15) is 0 Å². The summed E-state index contributed by atoms with van der Waals surface area (Å²) < 4.78 is 11.2. The third kappa shape index (κ3) is 4.56. The molecule has 3 rings (SSSR count). The average molecular weight is 364 g/mol. The fourth-order valence-electron chi connectivity index (χ4n) is 2.79. The number of nitrogens with zero attached hydrogens (tertiary/aromatic N) is 1. The van der Waals surface area contributed by atoms with Crippen molar-refractivity contribution in [2.24, 2.45) is 0 Å². The van der Waals surface area contributed by atoms with E-state index in [1.807, 2.05) is 55.5 Å². The van der Waals surface area contributed by atoms with Crippen LogP contribution in [0.4, 0.5) is 0 Å². The van der Waals surface area contributed by atoms with Crippen molar-refractivity contribution in [2.45, 2.75) is 33.3 Å². The second-order valence-electron chi connectivity index (χ2n) is 6.62. The van der Waals surface area contributed by atoms with Gasteiger partial charge in [-0.25, -0.2) is 0 Å². The van der Waals surface area contributed by atoms with Gasteiger partial charge in [-0.3, -0.25) is 4.79 Å². The zero-order chi connectivity index (χ0) is 19.2. The number of hydrogen-bond acceptors (Lipinski definition) is 4. The molecule has 0 radical (unpaired) electrons. The van der Waals surface area contributed by atoms with E-state index in [1.165, 1.54) is 0 Å². The molecule has 1 N–H and O–H groups in total. The summed E-state index contributed by atoms with van der Waals surface area (Å²) in [6, 6.07) is 17.7. The maximum atomic E-state index is 11.9. The normalized spacial score (nSPS) is 10.8. The van der Waals surface area contributed by atoms with Crippen LogP contribution in [0.5, 0.6) is 5.75 Å². The highest BCUT2D eigenvalue weighted by Crippen LogP contribution is 2.32. The van der Waals surface area contributed by atoms with Gasteiger partial charge in [-0.15, -0.1) is 0 Å². The summed E-state index contributed by atoms with van der Waals surface area (Å²) in [5.41, 5.74) is 3.74. The van der Waals surface area contributed by atoms with Crippen molar-refractivity contribution in [1.29, 1.82) is 0 Å². The highest BCUT2D eigenvalue weighted by atomic mass is 16.5. The minimum absolute atomic E-state index is 0.211. The molecule has 1 amide bonds. The molecule has 3 aromatic rings. The molecule has 0 spiro atoms. The molecule has 0 bridgehead atoms. The van der Waals surface area contributed by atoms with Crippen LogP contribution in [-0.2, 0) is 6.61 Å². The van der Waals surface area contributed by atoms with E-state index in [0.29, 0.717) is 18.8 Å². The van der Waals surface area contributed by atoms with E-state index in [2.05, 4.69) is 24.3 Å². The molecule has 0 fully saturated rings. The van der Waals surface area contributed by atoms with E-state index in [1.54, 1.807) is 6.07 Å². The summed E-state index contributed by atoms with van der Waals surface area (Å²) in [4.78, 5) is 11.9. The SMILES string of the molecule is CCNC(=O)c1cc(-c2ccc(OCc3ccccc3)c(C(C)C)c2)no1. The van der Waals surface area contributed by atoms with Crippen LogP contribution in [0, 0.1) is 0 Å². The monoisotopic (exact) mass is 364 g/mol. The molecule has 0 unspecified atom stereocenters. The minimum Gasteiger partial charge on any atom is -0.489 e. The molecule has 0 saturated heterocycles. The van der Waals surface area contributed by atoms with Gasteiger partial charge >= 0.3 is 0 Å². The van der Waals surface area contributed by atoms with Crippen molar-refractivity contribution in [2.75, 3.05) is 6.54 Å². The van der Waals surface area contributed by atoms with E-state index in [0.717, 1.165) is 22.4 Å². The Balaban J connectivity index is 1.82. The molecular weight excluding hydrogens is 340 g/mol. The lowest BCUT2D eigenvalue weighted by Gasteiger charge is -2.15. The van der Waals surface area contributed by atoms with Gasteiger partial charge in [0.15, 0.2) is 0 Å². The average Bonchev–Trinajstić information content (AvgIpc) is 3.17. The van der Waals surface area contributed by atoms with Crippen LogP contribution in [0.2, 0.25) is 0 Å². The van der Waals surface area contributed by atoms with Crippen molar-refractivity contribution in [3.05, 3.63) is 71.5 Å². The molecule has 1 heterocycles. The molecule has 0 aliphatic carbocycles. The topological polar surface area (TPSA) is 64.4 Å². The highest BCUT2D eigenvalue weighted by molar-refractivity contribution is 5.92. The molecule has 140 valence electrons. The van der Waals surface area contributed by atoms with Gasteiger partial charge in [-0.05, 0) is 42.2 Å². The minimum atomic E-state index is -0.261. The Bertz CT molecular complexity index is 901. The number of amides is 1. The molecule has 1 aromatic heterocycles. The molecular formula is C22H24N2O3.